The summed E-state index contributed by atoms with van der Waals surface area (Å²) in [6.07, 6.45) is 3.39. The Kier molecular flexibility index (Phi) is 5.28. The van der Waals surface area contributed by atoms with E-state index in [2.05, 4.69) is 10.6 Å². The van der Waals surface area contributed by atoms with Crippen LogP contribution >= 0.6 is 0 Å². The summed E-state index contributed by atoms with van der Waals surface area (Å²) in [5, 5.41) is 5.58. The van der Waals surface area contributed by atoms with Gasteiger partial charge in [0, 0.05) is 5.69 Å². The van der Waals surface area contributed by atoms with Crippen LogP contribution in [0.2, 0.25) is 0 Å². The maximum Gasteiger partial charge on any atom is 0.325 e. The molecule has 2 N–H and O–H groups in total. The molecule has 7 heteroatoms. The Morgan fingerprint density at radius 1 is 1.17 bits per heavy atom. The molecule has 1 aliphatic heterocycles. The lowest BCUT2D eigenvalue weighted by molar-refractivity contribution is -0.136. The summed E-state index contributed by atoms with van der Waals surface area (Å²) in [7, 11) is 0. The second-order valence-corrected chi connectivity index (χ2v) is 8.08. The van der Waals surface area contributed by atoms with Gasteiger partial charge in [0.05, 0.1) is 0 Å². The summed E-state index contributed by atoms with van der Waals surface area (Å²) >= 11 is 0. The van der Waals surface area contributed by atoms with Gasteiger partial charge >= 0.3 is 6.03 Å². The van der Waals surface area contributed by atoms with Crippen LogP contribution in [0.25, 0.3) is 11.1 Å². The van der Waals surface area contributed by atoms with Gasteiger partial charge in [0.15, 0.2) is 0 Å². The van der Waals surface area contributed by atoms with Crippen LogP contribution in [0.3, 0.4) is 0 Å². The largest absolute Gasteiger partial charge is 0.325 e. The first-order chi connectivity index (χ1) is 14.4. The molecule has 2 fully saturated rings. The fraction of sp³-hybridized carbons (Fsp3) is 0.348. The summed E-state index contributed by atoms with van der Waals surface area (Å²) < 4.78 is 13.5. The molecule has 0 bridgehead atoms. The predicted molar refractivity (Wildman–Crippen MR) is 111 cm³/mol. The molecule has 2 aliphatic rings. The van der Waals surface area contributed by atoms with E-state index in [0.29, 0.717) is 17.7 Å². The van der Waals surface area contributed by atoms with E-state index >= 15 is 0 Å². The molecule has 2 aromatic carbocycles. The van der Waals surface area contributed by atoms with Gasteiger partial charge in [0.25, 0.3) is 5.91 Å². The smallest absolute Gasteiger partial charge is 0.325 e. The zero-order valence-electron chi connectivity index (χ0n) is 16.8. The lowest BCUT2D eigenvalue weighted by Crippen LogP contribution is -2.54. The summed E-state index contributed by atoms with van der Waals surface area (Å²) in [6.45, 7) is 1.63. The normalized spacial score (nSPS) is 23.5. The fourth-order valence-corrected chi connectivity index (χ4v) is 4.43. The second kappa shape index (κ2) is 7.89. The van der Waals surface area contributed by atoms with Crippen molar-refractivity contribution in [2.75, 3.05) is 11.9 Å². The van der Waals surface area contributed by atoms with Crippen molar-refractivity contribution in [3.8, 4) is 11.1 Å². The quantitative estimate of drug-likeness (QED) is 0.751. The van der Waals surface area contributed by atoms with Crippen LogP contribution in [0.15, 0.2) is 48.5 Å². The molecule has 1 saturated heterocycles. The molecule has 1 saturated carbocycles. The number of urea groups is 1. The minimum absolute atomic E-state index is 0.0405. The number of halogens is 1. The number of amides is 4. The number of hydrogen-bond donors (Lipinski definition) is 2. The lowest BCUT2D eigenvalue weighted by Gasteiger charge is -2.36. The van der Waals surface area contributed by atoms with E-state index in [9.17, 15) is 18.8 Å². The van der Waals surface area contributed by atoms with E-state index in [0.717, 1.165) is 29.7 Å². The lowest BCUT2D eigenvalue weighted by atomic mass is 9.73. The summed E-state index contributed by atoms with van der Waals surface area (Å²) in [5.41, 5.74) is 1.06. The van der Waals surface area contributed by atoms with Crippen molar-refractivity contribution in [2.24, 2.45) is 5.92 Å². The van der Waals surface area contributed by atoms with E-state index in [1.165, 1.54) is 12.1 Å². The zero-order chi connectivity index (χ0) is 21.3. The van der Waals surface area contributed by atoms with Crippen LogP contribution in [0, 0.1) is 11.7 Å². The van der Waals surface area contributed by atoms with Crippen molar-refractivity contribution in [2.45, 2.75) is 38.1 Å². The number of carbonyl (C=O) groups excluding carboxylic acids is 3. The molecule has 1 spiro atoms. The first kappa shape index (κ1) is 20.1. The van der Waals surface area contributed by atoms with Gasteiger partial charge in [0.2, 0.25) is 5.91 Å². The van der Waals surface area contributed by atoms with Crippen molar-refractivity contribution in [3.63, 3.8) is 0 Å². The van der Waals surface area contributed by atoms with Gasteiger partial charge in [0.1, 0.15) is 17.9 Å². The number of hydrogen-bond acceptors (Lipinski definition) is 3. The van der Waals surface area contributed by atoms with Crippen molar-refractivity contribution < 1.29 is 18.8 Å². The van der Waals surface area contributed by atoms with Crippen molar-refractivity contribution >= 4 is 23.5 Å². The van der Waals surface area contributed by atoms with Crippen LogP contribution in [0.4, 0.5) is 14.9 Å². The van der Waals surface area contributed by atoms with Gasteiger partial charge in [-0.25, -0.2) is 9.18 Å². The Morgan fingerprint density at radius 2 is 1.90 bits per heavy atom. The predicted octanol–water partition coefficient (Wildman–Crippen LogP) is 3.93. The van der Waals surface area contributed by atoms with Gasteiger partial charge < -0.3 is 10.6 Å². The molecule has 2 atom stereocenters. The highest BCUT2D eigenvalue weighted by molar-refractivity contribution is 6.10. The number of imide groups is 1. The van der Waals surface area contributed by atoms with Crippen LogP contribution in [-0.4, -0.2) is 34.8 Å². The molecule has 2 aromatic rings. The standard InChI is InChI=1S/C23H24FN3O3/c1-15-6-2-3-11-23(15)21(29)27(22(30)26-23)14-20(28)25-19-10-5-8-17(13-19)16-7-4-9-18(24)12-16/h4-5,7-10,12-13,15H,2-3,6,11,14H2,1H3,(H,25,28)(H,26,30)/t15-,23-/m0/s1. The van der Waals surface area contributed by atoms with E-state index < -0.39 is 17.5 Å². The van der Waals surface area contributed by atoms with Crippen LogP contribution in [-0.2, 0) is 9.59 Å². The molecular weight excluding hydrogens is 385 g/mol. The molecule has 1 aliphatic carbocycles. The highest BCUT2D eigenvalue weighted by Crippen LogP contribution is 2.38. The number of benzene rings is 2. The first-order valence-electron chi connectivity index (χ1n) is 10.2. The molecule has 6 nitrogen and oxygen atoms in total. The van der Waals surface area contributed by atoms with Crippen LogP contribution < -0.4 is 10.6 Å². The molecule has 0 aromatic heterocycles. The van der Waals surface area contributed by atoms with Gasteiger partial charge in [-0.2, -0.15) is 0 Å². The third-order valence-electron chi connectivity index (χ3n) is 6.11. The molecule has 4 rings (SSSR count). The van der Waals surface area contributed by atoms with E-state index in [-0.39, 0.29) is 24.2 Å². The van der Waals surface area contributed by atoms with Gasteiger partial charge in [-0.3, -0.25) is 14.5 Å². The third-order valence-corrected chi connectivity index (χ3v) is 6.11. The maximum absolute atomic E-state index is 13.5. The fourth-order valence-electron chi connectivity index (χ4n) is 4.43. The summed E-state index contributed by atoms with van der Waals surface area (Å²) in [4.78, 5) is 39.0. The highest BCUT2D eigenvalue weighted by atomic mass is 19.1. The molecule has 0 radical (unpaired) electrons. The topological polar surface area (TPSA) is 78.5 Å². The van der Waals surface area contributed by atoms with Crippen LogP contribution in [0.1, 0.15) is 32.6 Å². The third kappa shape index (κ3) is 3.67. The SMILES string of the molecule is C[C@H]1CCCC[C@]12NC(=O)N(CC(=O)Nc1cccc(-c3cccc(F)c3)c1)C2=O. The average Bonchev–Trinajstić information content (AvgIpc) is 2.95. The Hall–Kier alpha value is -3.22. The zero-order valence-corrected chi connectivity index (χ0v) is 16.8. The molecule has 0 unspecified atom stereocenters. The van der Waals surface area contributed by atoms with E-state index in [1.807, 2.05) is 13.0 Å². The minimum atomic E-state index is -0.882. The van der Waals surface area contributed by atoms with Crippen LogP contribution in [0.5, 0.6) is 0 Å². The van der Waals surface area contributed by atoms with Crippen molar-refractivity contribution in [1.82, 2.24) is 10.2 Å². The monoisotopic (exact) mass is 409 g/mol. The number of nitrogens with one attached hydrogen (secondary N) is 2. The summed E-state index contributed by atoms with van der Waals surface area (Å²) in [6, 6.07) is 12.7. The molecule has 30 heavy (non-hydrogen) atoms. The Morgan fingerprint density at radius 3 is 2.63 bits per heavy atom. The average molecular weight is 409 g/mol. The molecule has 1 heterocycles. The Balaban J connectivity index is 1.46. The Labute approximate surface area is 174 Å². The maximum atomic E-state index is 13.5. The van der Waals surface area contributed by atoms with Crippen molar-refractivity contribution in [1.29, 1.82) is 0 Å². The van der Waals surface area contributed by atoms with Gasteiger partial charge in [-0.1, -0.05) is 44.0 Å². The van der Waals surface area contributed by atoms with E-state index in [4.69, 9.17) is 0 Å². The van der Waals surface area contributed by atoms with Crippen molar-refractivity contribution in [3.05, 3.63) is 54.3 Å². The van der Waals surface area contributed by atoms with Gasteiger partial charge in [-0.15, -0.1) is 0 Å². The van der Waals surface area contributed by atoms with E-state index in [1.54, 1.807) is 30.3 Å². The molecule has 4 amide bonds. The molecular formula is C23H24FN3O3. The highest BCUT2D eigenvalue weighted by Gasteiger charge is 2.55. The second-order valence-electron chi connectivity index (χ2n) is 8.08. The number of nitrogens with zero attached hydrogens (tertiary/aromatic N) is 1. The molecule has 156 valence electrons. The minimum Gasteiger partial charge on any atom is -0.325 e. The van der Waals surface area contributed by atoms with Gasteiger partial charge in [-0.05, 0) is 54.2 Å². The Bertz CT molecular complexity index is 1010. The first-order valence-corrected chi connectivity index (χ1v) is 10.2. The summed E-state index contributed by atoms with van der Waals surface area (Å²) in [5.74, 6) is -1.08. The number of rotatable bonds is 4. The number of anilines is 1. The number of carbonyl (C=O) groups is 3.